The third-order valence-electron chi connectivity index (χ3n) is 5.47. The van der Waals surface area contributed by atoms with Gasteiger partial charge in [-0.1, -0.05) is 60.1 Å². The molecule has 1 amide bonds. The Morgan fingerprint density at radius 3 is 2.58 bits per heavy atom. The SMILES string of the molecule is O=C1c2[nH]nc(-c3cc(Cl)ccc3O)c2C(c2ccccc2F)N1Cc1ccccc1. The lowest BCUT2D eigenvalue weighted by atomic mass is 9.95. The summed E-state index contributed by atoms with van der Waals surface area (Å²) in [5, 5.41) is 17.9. The molecule has 1 aliphatic heterocycles. The fourth-order valence-electron chi connectivity index (χ4n) is 4.06. The molecule has 31 heavy (non-hydrogen) atoms. The summed E-state index contributed by atoms with van der Waals surface area (Å²) in [6.45, 7) is 0.294. The van der Waals surface area contributed by atoms with Gasteiger partial charge in [-0.2, -0.15) is 5.10 Å². The van der Waals surface area contributed by atoms with Crippen LogP contribution in [-0.2, 0) is 6.54 Å². The number of phenolic OH excluding ortho intramolecular Hbond substituents is 1. The van der Waals surface area contributed by atoms with Crippen molar-refractivity contribution >= 4 is 17.5 Å². The van der Waals surface area contributed by atoms with Gasteiger partial charge in [0.05, 0.1) is 6.04 Å². The number of aromatic amines is 1. The van der Waals surface area contributed by atoms with Gasteiger partial charge in [0.2, 0.25) is 0 Å². The van der Waals surface area contributed by atoms with Gasteiger partial charge in [0.1, 0.15) is 23.0 Å². The fourth-order valence-corrected chi connectivity index (χ4v) is 4.24. The number of nitrogens with one attached hydrogen (secondary N) is 1. The Hall–Kier alpha value is -3.64. The maximum Gasteiger partial charge on any atom is 0.273 e. The molecule has 2 N–H and O–H groups in total. The van der Waals surface area contributed by atoms with Crippen molar-refractivity contribution in [2.24, 2.45) is 0 Å². The van der Waals surface area contributed by atoms with Crippen LogP contribution in [0, 0.1) is 5.82 Å². The molecule has 1 unspecified atom stereocenters. The number of phenols is 1. The van der Waals surface area contributed by atoms with E-state index in [1.807, 2.05) is 30.3 Å². The topological polar surface area (TPSA) is 69.2 Å². The van der Waals surface area contributed by atoms with Crippen LogP contribution in [0.5, 0.6) is 5.75 Å². The molecule has 4 aromatic rings. The molecule has 0 saturated carbocycles. The van der Waals surface area contributed by atoms with Gasteiger partial charge >= 0.3 is 0 Å². The van der Waals surface area contributed by atoms with Gasteiger partial charge in [-0.05, 0) is 29.8 Å². The van der Waals surface area contributed by atoms with Crippen molar-refractivity contribution in [2.75, 3.05) is 0 Å². The van der Waals surface area contributed by atoms with E-state index in [0.29, 0.717) is 34.0 Å². The number of aromatic hydroxyl groups is 1. The molecule has 1 atom stereocenters. The van der Waals surface area contributed by atoms with E-state index in [1.54, 1.807) is 35.2 Å². The molecule has 1 aliphatic rings. The summed E-state index contributed by atoms with van der Waals surface area (Å²) in [5.74, 6) is -0.735. The number of benzene rings is 3. The first kappa shape index (κ1) is 19.3. The maximum atomic E-state index is 14.9. The summed E-state index contributed by atoms with van der Waals surface area (Å²) in [6, 6.07) is 19.8. The molecular formula is C24H17ClFN3O2. The van der Waals surface area contributed by atoms with Crippen LogP contribution >= 0.6 is 11.6 Å². The summed E-state index contributed by atoms with van der Waals surface area (Å²) in [4.78, 5) is 14.9. The smallest absolute Gasteiger partial charge is 0.273 e. The molecule has 154 valence electrons. The standard InChI is InChI=1S/C24H17ClFN3O2/c25-15-10-11-19(30)17(12-15)21-20-22(28-27-21)24(31)29(13-14-6-2-1-3-7-14)23(20)16-8-4-5-9-18(16)26/h1-12,23,30H,13H2,(H,27,28). The average Bonchev–Trinajstić information content (AvgIpc) is 3.31. The van der Waals surface area contributed by atoms with E-state index in [1.165, 1.54) is 12.1 Å². The summed E-state index contributed by atoms with van der Waals surface area (Å²) >= 11 is 6.14. The second-order valence-electron chi connectivity index (χ2n) is 7.37. The van der Waals surface area contributed by atoms with Gasteiger partial charge in [0.25, 0.3) is 5.91 Å². The van der Waals surface area contributed by atoms with Gasteiger partial charge in [0.15, 0.2) is 0 Å². The molecule has 0 fully saturated rings. The van der Waals surface area contributed by atoms with Gasteiger partial charge in [-0.25, -0.2) is 4.39 Å². The highest BCUT2D eigenvalue weighted by atomic mass is 35.5. The van der Waals surface area contributed by atoms with Crippen molar-refractivity contribution in [3.05, 3.63) is 106 Å². The zero-order valence-electron chi connectivity index (χ0n) is 16.2. The summed E-state index contributed by atoms with van der Waals surface area (Å²) in [6.07, 6.45) is 0. The number of hydrogen-bond acceptors (Lipinski definition) is 3. The van der Waals surface area contributed by atoms with Crippen LogP contribution in [0.4, 0.5) is 4.39 Å². The normalized spacial score (nSPS) is 15.4. The Morgan fingerprint density at radius 1 is 1.06 bits per heavy atom. The first-order valence-corrected chi connectivity index (χ1v) is 10.1. The number of carbonyl (C=O) groups excluding carboxylic acids is 1. The molecule has 0 saturated heterocycles. The Morgan fingerprint density at radius 2 is 1.81 bits per heavy atom. The minimum atomic E-state index is -0.712. The van der Waals surface area contributed by atoms with Crippen molar-refractivity contribution in [1.29, 1.82) is 0 Å². The van der Waals surface area contributed by atoms with Gasteiger partial charge in [-0.15, -0.1) is 0 Å². The Labute approximate surface area is 182 Å². The molecule has 5 nitrogen and oxygen atoms in total. The quantitative estimate of drug-likeness (QED) is 0.457. The van der Waals surface area contributed by atoms with Crippen LogP contribution < -0.4 is 0 Å². The number of H-pyrrole nitrogens is 1. The van der Waals surface area contributed by atoms with E-state index in [4.69, 9.17) is 11.6 Å². The molecule has 0 radical (unpaired) electrons. The number of carbonyl (C=O) groups is 1. The third-order valence-corrected chi connectivity index (χ3v) is 5.71. The molecular weight excluding hydrogens is 417 g/mol. The van der Waals surface area contributed by atoms with Crippen molar-refractivity contribution in [1.82, 2.24) is 15.1 Å². The van der Waals surface area contributed by atoms with Crippen LogP contribution in [0.2, 0.25) is 5.02 Å². The molecule has 3 aromatic carbocycles. The van der Waals surface area contributed by atoms with E-state index in [-0.39, 0.29) is 17.4 Å². The number of amides is 1. The summed E-state index contributed by atoms with van der Waals surface area (Å²) in [5.41, 5.74) is 2.81. The highest BCUT2D eigenvalue weighted by Gasteiger charge is 2.43. The van der Waals surface area contributed by atoms with Crippen molar-refractivity contribution < 1.29 is 14.3 Å². The third kappa shape index (κ3) is 3.25. The Kier molecular flexibility index (Phi) is 4.71. The van der Waals surface area contributed by atoms with Crippen LogP contribution in [0.3, 0.4) is 0 Å². The lowest BCUT2D eigenvalue weighted by Crippen LogP contribution is -2.29. The highest BCUT2D eigenvalue weighted by Crippen LogP contribution is 2.45. The molecule has 0 spiro atoms. The number of hydrogen-bond donors (Lipinski definition) is 2. The lowest BCUT2D eigenvalue weighted by molar-refractivity contribution is 0.0728. The summed E-state index contributed by atoms with van der Waals surface area (Å²) in [7, 11) is 0. The predicted octanol–water partition coefficient (Wildman–Crippen LogP) is 5.32. The number of halogens is 2. The number of rotatable bonds is 4. The number of nitrogens with zero attached hydrogens (tertiary/aromatic N) is 2. The highest BCUT2D eigenvalue weighted by molar-refractivity contribution is 6.31. The zero-order chi connectivity index (χ0) is 21.5. The molecule has 7 heteroatoms. The fraction of sp³-hybridized carbons (Fsp3) is 0.0833. The molecule has 1 aromatic heterocycles. The van der Waals surface area contributed by atoms with Crippen LogP contribution in [0.25, 0.3) is 11.3 Å². The Balaban J connectivity index is 1.70. The predicted molar refractivity (Wildman–Crippen MR) is 115 cm³/mol. The monoisotopic (exact) mass is 433 g/mol. The van der Waals surface area contributed by atoms with E-state index >= 15 is 0 Å². The van der Waals surface area contributed by atoms with Crippen molar-refractivity contribution in [2.45, 2.75) is 12.6 Å². The van der Waals surface area contributed by atoms with Gasteiger partial charge < -0.3 is 10.0 Å². The maximum absolute atomic E-state index is 14.9. The first-order valence-electron chi connectivity index (χ1n) is 9.71. The van der Waals surface area contributed by atoms with E-state index in [2.05, 4.69) is 10.2 Å². The summed E-state index contributed by atoms with van der Waals surface area (Å²) < 4.78 is 14.9. The van der Waals surface area contributed by atoms with Crippen molar-refractivity contribution in [3.8, 4) is 17.0 Å². The number of aromatic nitrogens is 2. The number of fused-ring (bicyclic) bond motifs is 1. The minimum absolute atomic E-state index is 0.0278. The largest absolute Gasteiger partial charge is 0.507 e. The van der Waals surface area contributed by atoms with E-state index in [0.717, 1.165) is 5.56 Å². The zero-order valence-corrected chi connectivity index (χ0v) is 17.0. The van der Waals surface area contributed by atoms with E-state index in [9.17, 15) is 14.3 Å². The van der Waals surface area contributed by atoms with E-state index < -0.39 is 11.9 Å². The second kappa shape index (κ2) is 7.56. The second-order valence-corrected chi connectivity index (χ2v) is 7.80. The Bertz CT molecular complexity index is 1290. The van der Waals surface area contributed by atoms with Crippen molar-refractivity contribution in [3.63, 3.8) is 0 Å². The molecule has 5 rings (SSSR count). The van der Waals surface area contributed by atoms with Gasteiger partial charge in [0, 0.05) is 28.3 Å². The van der Waals surface area contributed by atoms with Gasteiger partial charge in [-0.3, -0.25) is 9.89 Å². The van der Waals surface area contributed by atoms with Crippen LogP contribution in [0.15, 0.2) is 72.8 Å². The van der Waals surface area contributed by atoms with Crippen LogP contribution in [-0.4, -0.2) is 26.1 Å². The first-order chi connectivity index (χ1) is 15.0. The average molecular weight is 434 g/mol. The minimum Gasteiger partial charge on any atom is -0.507 e. The van der Waals surface area contributed by atoms with Crippen LogP contribution in [0.1, 0.15) is 33.2 Å². The lowest BCUT2D eigenvalue weighted by Gasteiger charge is -2.27. The molecule has 0 bridgehead atoms. The molecule has 0 aliphatic carbocycles. The molecule has 2 heterocycles.